The molecular weight excluding hydrogens is 332 g/mol. The number of likely N-dealkylation sites (tertiary alicyclic amines) is 1. The van der Waals surface area contributed by atoms with Gasteiger partial charge in [0.1, 0.15) is 11.8 Å². The van der Waals surface area contributed by atoms with Gasteiger partial charge in [-0.3, -0.25) is 4.79 Å². The third-order valence-electron chi connectivity index (χ3n) is 5.18. The summed E-state index contributed by atoms with van der Waals surface area (Å²) in [7, 11) is 0. The second-order valence-electron chi connectivity index (χ2n) is 6.78. The Balaban J connectivity index is 1.76. The average Bonchev–Trinajstić information content (AvgIpc) is 2.97. The first-order valence-electron chi connectivity index (χ1n) is 8.55. The molecule has 0 radical (unpaired) electrons. The van der Waals surface area contributed by atoms with Crippen LogP contribution in [-0.4, -0.2) is 40.1 Å². The zero-order chi connectivity index (χ0) is 18.1. The molecule has 25 heavy (non-hydrogen) atoms. The molecule has 3 rings (SSSR count). The summed E-state index contributed by atoms with van der Waals surface area (Å²) in [5.74, 6) is -3.26. The van der Waals surface area contributed by atoms with Crippen LogP contribution in [0.15, 0.2) is 18.2 Å². The SMILES string of the molecule is CC(Oc1ccc(F)c(F)c1)C(=O)N1C(C(=O)O)CC2CCCCC21. The van der Waals surface area contributed by atoms with Crippen LogP contribution >= 0.6 is 0 Å². The fourth-order valence-electron chi connectivity index (χ4n) is 4.01. The number of rotatable bonds is 4. The minimum absolute atomic E-state index is 0.0333. The van der Waals surface area contributed by atoms with Crippen LogP contribution in [0.5, 0.6) is 5.75 Å². The summed E-state index contributed by atoms with van der Waals surface area (Å²) in [5, 5.41) is 9.49. The Hall–Kier alpha value is -2.18. The quantitative estimate of drug-likeness (QED) is 0.904. The van der Waals surface area contributed by atoms with Gasteiger partial charge in [0.2, 0.25) is 0 Å². The lowest BCUT2D eigenvalue weighted by atomic mass is 9.84. The molecule has 136 valence electrons. The number of nitrogens with zero attached hydrogens (tertiary/aromatic N) is 1. The predicted octanol–water partition coefficient (Wildman–Crippen LogP) is 2.98. The molecular formula is C18H21F2NO4. The first kappa shape index (κ1) is 17.6. The van der Waals surface area contributed by atoms with Gasteiger partial charge in [-0.25, -0.2) is 13.6 Å². The number of ether oxygens (including phenoxy) is 1. The van der Waals surface area contributed by atoms with Crippen LogP contribution in [0, 0.1) is 17.6 Å². The molecule has 1 saturated carbocycles. The molecule has 1 aliphatic heterocycles. The number of carbonyl (C=O) groups is 2. The molecule has 4 atom stereocenters. The molecule has 0 aromatic heterocycles. The normalized spacial score (nSPS) is 26.8. The highest BCUT2D eigenvalue weighted by molar-refractivity contribution is 5.87. The molecule has 1 aromatic carbocycles. The van der Waals surface area contributed by atoms with Crippen molar-refractivity contribution in [1.82, 2.24) is 4.90 Å². The number of hydrogen-bond donors (Lipinski definition) is 1. The van der Waals surface area contributed by atoms with Gasteiger partial charge < -0.3 is 14.7 Å². The average molecular weight is 353 g/mol. The maximum Gasteiger partial charge on any atom is 0.326 e. The first-order valence-corrected chi connectivity index (χ1v) is 8.55. The summed E-state index contributed by atoms with van der Waals surface area (Å²) < 4.78 is 31.7. The van der Waals surface area contributed by atoms with E-state index in [0.29, 0.717) is 6.42 Å². The predicted molar refractivity (Wildman–Crippen MR) is 85.1 cm³/mol. The topological polar surface area (TPSA) is 66.8 Å². The van der Waals surface area contributed by atoms with E-state index in [0.717, 1.165) is 37.8 Å². The third kappa shape index (κ3) is 3.45. The van der Waals surface area contributed by atoms with E-state index < -0.39 is 35.7 Å². The van der Waals surface area contributed by atoms with Crippen LogP contribution in [-0.2, 0) is 9.59 Å². The highest BCUT2D eigenvalue weighted by Gasteiger charge is 2.48. The van der Waals surface area contributed by atoms with Crippen molar-refractivity contribution in [2.75, 3.05) is 0 Å². The van der Waals surface area contributed by atoms with E-state index in [1.807, 2.05) is 0 Å². The van der Waals surface area contributed by atoms with Gasteiger partial charge in [0.25, 0.3) is 5.91 Å². The van der Waals surface area contributed by atoms with Crippen LogP contribution in [0.3, 0.4) is 0 Å². The number of carboxylic acid groups (broad SMARTS) is 1. The molecule has 1 aromatic rings. The molecule has 1 amide bonds. The number of carbonyl (C=O) groups excluding carboxylic acids is 1. The van der Waals surface area contributed by atoms with Gasteiger partial charge in [0.05, 0.1) is 0 Å². The van der Waals surface area contributed by atoms with E-state index in [4.69, 9.17) is 4.74 Å². The number of carboxylic acids is 1. The van der Waals surface area contributed by atoms with Gasteiger partial charge in [0, 0.05) is 12.1 Å². The zero-order valence-corrected chi connectivity index (χ0v) is 14.0. The first-order chi connectivity index (χ1) is 11.9. The smallest absolute Gasteiger partial charge is 0.326 e. The van der Waals surface area contributed by atoms with Crippen molar-refractivity contribution in [3.05, 3.63) is 29.8 Å². The Morgan fingerprint density at radius 2 is 1.96 bits per heavy atom. The fraction of sp³-hybridized carbons (Fsp3) is 0.556. The van der Waals surface area contributed by atoms with Crippen LogP contribution in [0.2, 0.25) is 0 Å². The van der Waals surface area contributed by atoms with E-state index in [2.05, 4.69) is 0 Å². The summed E-state index contributed by atoms with van der Waals surface area (Å²) in [6.45, 7) is 1.50. The molecule has 1 heterocycles. The molecule has 2 fully saturated rings. The monoisotopic (exact) mass is 353 g/mol. The van der Waals surface area contributed by atoms with E-state index in [9.17, 15) is 23.5 Å². The van der Waals surface area contributed by atoms with Gasteiger partial charge in [-0.15, -0.1) is 0 Å². The summed E-state index contributed by atoms with van der Waals surface area (Å²) in [6.07, 6.45) is 3.22. The number of fused-ring (bicyclic) bond motifs is 1. The number of hydrogen-bond acceptors (Lipinski definition) is 3. The summed E-state index contributed by atoms with van der Waals surface area (Å²) in [4.78, 5) is 25.9. The molecule has 1 saturated heterocycles. The lowest BCUT2D eigenvalue weighted by Gasteiger charge is -2.34. The van der Waals surface area contributed by atoms with Crippen LogP contribution in [0.4, 0.5) is 8.78 Å². The second-order valence-corrected chi connectivity index (χ2v) is 6.78. The third-order valence-corrected chi connectivity index (χ3v) is 5.18. The van der Waals surface area contributed by atoms with Crippen molar-refractivity contribution >= 4 is 11.9 Å². The summed E-state index contributed by atoms with van der Waals surface area (Å²) in [5.41, 5.74) is 0. The largest absolute Gasteiger partial charge is 0.481 e. The van der Waals surface area contributed by atoms with Crippen LogP contribution in [0.25, 0.3) is 0 Å². The molecule has 7 heteroatoms. The Morgan fingerprint density at radius 3 is 2.64 bits per heavy atom. The number of halogens is 2. The molecule has 4 unspecified atom stereocenters. The number of benzene rings is 1. The summed E-state index contributed by atoms with van der Waals surface area (Å²) in [6, 6.07) is 2.11. The molecule has 0 bridgehead atoms. The summed E-state index contributed by atoms with van der Waals surface area (Å²) >= 11 is 0. The highest BCUT2D eigenvalue weighted by Crippen LogP contribution is 2.40. The van der Waals surface area contributed by atoms with Gasteiger partial charge >= 0.3 is 5.97 Å². The number of amides is 1. The van der Waals surface area contributed by atoms with E-state index in [1.54, 1.807) is 0 Å². The van der Waals surface area contributed by atoms with Gasteiger partial charge in [-0.2, -0.15) is 0 Å². The maximum absolute atomic E-state index is 13.3. The van der Waals surface area contributed by atoms with Crippen molar-refractivity contribution in [2.24, 2.45) is 5.92 Å². The van der Waals surface area contributed by atoms with Gasteiger partial charge in [-0.1, -0.05) is 12.8 Å². The van der Waals surface area contributed by atoms with E-state index in [-0.39, 0.29) is 17.7 Å². The highest BCUT2D eigenvalue weighted by atomic mass is 19.2. The minimum Gasteiger partial charge on any atom is -0.481 e. The molecule has 1 N–H and O–H groups in total. The van der Waals surface area contributed by atoms with Gasteiger partial charge in [0.15, 0.2) is 17.7 Å². The fourth-order valence-corrected chi connectivity index (χ4v) is 4.01. The second kappa shape index (κ2) is 6.98. The lowest BCUT2D eigenvalue weighted by Crippen LogP contribution is -2.50. The van der Waals surface area contributed by atoms with Gasteiger partial charge in [-0.05, 0) is 44.2 Å². The van der Waals surface area contributed by atoms with Crippen molar-refractivity contribution in [2.45, 2.75) is 57.2 Å². The van der Waals surface area contributed by atoms with Crippen LogP contribution in [0.1, 0.15) is 39.0 Å². The van der Waals surface area contributed by atoms with Crippen LogP contribution < -0.4 is 4.74 Å². The Morgan fingerprint density at radius 1 is 1.24 bits per heavy atom. The molecule has 1 aliphatic carbocycles. The van der Waals surface area contributed by atoms with E-state index >= 15 is 0 Å². The lowest BCUT2D eigenvalue weighted by molar-refractivity contribution is -0.153. The Bertz CT molecular complexity index is 681. The minimum atomic E-state index is -1.06. The van der Waals surface area contributed by atoms with Crippen molar-refractivity contribution in [3.8, 4) is 5.75 Å². The number of aliphatic carboxylic acids is 1. The maximum atomic E-state index is 13.3. The van der Waals surface area contributed by atoms with Crippen molar-refractivity contribution in [1.29, 1.82) is 0 Å². The molecule has 0 spiro atoms. The standard InChI is InChI=1S/C18H21F2NO4/c1-10(25-12-6-7-13(19)14(20)9-12)17(22)21-15-5-3-2-4-11(15)8-16(21)18(23)24/h6-7,9-11,15-16H,2-5,8H2,1H3,(H,23,24). The Kier molecular flexibility index (Phi) is 4.92. The van der Waals surface area contributed by atoms with Crippen molar-refractivity contribution < 1.29 is 28.2 Å². The Labute approximate surface area is 144 Å². The van der Waals surface area contributed by atoms with Crippen molar-refractivity contribution in [3.63, 3.8) is 0 Å². The molecule has 2 aliphatic rings. The molecule has 5 nitrogen and oxygen atoms in total. The zero-order valence-electron chi connectivity index (χ0n) is 14.0. The van der Waals surface area contributed by atoms with E-state index in [1.165, 1.54) is 17.9 Å².